The van der Waals surface area contributed by atoms with Gasteiger partial charge in [-0.05, 0) is 53.9 Å². The first kappa shape index (κ1) is 19.5. The van der Waals surface area contributed by atoms with Crippen molar-refractivity contribution in [3.63, 3.8) is 0 Å². The molecular formula is C23H23FN4S. The standard InChI is InChI=1S/C23H23FN4S/c1-16-5-3-4-6-20(16)19-11-21-22(29-24)15-27-28(21)23(12-19)26-14-18-9-7-17(8-10-18)13-25-2/h3-12,15,25-26H,13-14H2,1-2H3. The highest BCUT2D eigenvalue weighted by molar-refractivity contribution is 7.94. The summed E-state index contributed by atoms with van der Waals surface area (Å²) in [5, 5.41) is 11.0. The second-order valence-corrected chi connectivity index (χ2v) is 7.62. The molecule has 2 heterocycles. The Morgan fingerprint density at radius 3 is 2.41 bits per heavy atom. The highest BCUT2D eigenvalue weighted by Gasteiger charge is 2.13. The quantitative estimate of drug-likeness (QED) is 0.418. The first-order valence-corrected chi connectivity index (χ1v) is 10.2. The highest BCUT2D eigenvalue weighted by Crippen LogP contribution is 2.32. The van der Waals surface area contributed by atoms with Crippen LogP contribution in [0.2, 0.25) is 0 Å². The highest BCUT2D eigenvalue weighted by atomic mass is 32.2. The van der Waals surface area contributed by atoms with E-state index in [9.17, 15) is 3.89 Å². The summed E-state index contributed by atoms with van der Waals surface area (Å²) < 4.78 is 15.2. The van der Waals surface area contributed by atoms with Crippen LogP contribution in [-0.2, 0) is 13.1 Å². The largest absolute Gasteiger partial charge is 0.366 e. The molecule has 2 aromatic heterocycles. The van der Waals surface area contributed by atoms with Crippen molar-refractivity contribution in [1.82, 2.24) is 14.9 Å². The molecule has 0 bridgehead atoms. The fourth-order valence-corrected chi connectivity index (χ4v) is 3.79. The lowest BCUT2D eigenvalue weighted by molar-refractivity contribution is 0.817. The van der Waals surface area contributed by atoms with Crippen molar-refractivity contribution in [3.05, 3.63) is 83.6 Å². The van der Waals surface area contributed by atoms with Gasteiger partial charge in [-0.3, -0.25) is 0 Å². The zero-order valence-corrected chi connectivity index (χ0v) is 17.3. The third-order valence-electron chi connectivity index (χ3n) is 5.00. The molecule has 0 fully saturated rings. The first-order valence-electron chi connectivity index (χ1n) is 9.52. The van der Waals surface area contributed by atoms with Crippen molar-refractivity contribution in [2.45, 2.75) is 24.9 Å². The van der Waals surface area contributed by atoms with Crippen molar-refractivity contribution in [3.8, 4) is 11.1 Å². The molecule has 4 aromatic rings. The number of aromatic nitrogens is 2. The van der Waals surface area contributed by atoms with Crippen molar-refractivity contribution in [2.24, 2.45) is 0 Å². The van der Waals surface area contributed by atoms with Gasteiger partial charge >= 0.3 is 0 Å². The van der Waals surface area contributed by atoms with E-state index in [2.05, 4.69) is 65.1 Å². The van der Waals surface area contributed by atoms with Crippen LogP contribution in [0, 0.1) is 6.92 Å². The molecule has 0 spiro atoms. The third-order valence-corrected chi connectivity index (χ3v) is 5.48. The van der Waals surface area contributed by atoms with E-state index in [0.717, 1.165) is 29.0 Å². The zero-order valence-electron chi connectivity index (χ0n) is 16.4. The van der Waals surface area contributed by atoms with Gasteiger partial charge in [0.05, 0.1) is 28.8 Å². The third kappa shape index (κ3) is 4.13. The number of aryl methyl sites for hydroxylation is 1. The van der Waals surface area contributed by atoms with E-state index in [1.165, 1.54) is 16.7 Å². The summed E-state index contributed by atoms with van der Waals surface area (Å²) in [5.74, 6) is 0.834. The van der Waals surface area contributed by atoms with Crippen LogP contribution >= 0.6 is 12.1 Å². The topological polar surface area (TPSA) is 41.4 Å². The molecule has 6 heteroatoms. The summed E-state index contributed by atoms with van der Waals surface area (Å²) in [6.07, 6.45) is 1.57. The summed E-state index contributed by atoms with van der Waals surface area (Å²) in [4.78, 5) is 0.514. The molecule has 0 amide bonds. The molecular weight excluding hydrogens is 383 g/mol. The van der Waals surface area contributed by atoms with E-state index in [-0.39, 0.29) is 12.1 Å². The van der Waals surface area contributed by atoms with Crippen LogP contribution in [0.3, 0.4) is 0 Å². The molecule has 0 aliphatic heterocycles. The molecule has 148 valence electrons. The molecule has 2 aromatic carbocycles. The number of fused-ring (bicyclic) bond motifs is 1. The Bertz CT molecular complexity index is 1120. The van der Waals surface area contributed by atoms with Gasteiger partial charge in [0, 0.05) is 13.1 Å². The van der Waals surface area contributed by atoms with Gasteiger partial charge in [0.1, 0.15) is 5.82 Å². The molecule has 0 aliphatic carbocycles. The minimum Gasteiger partial charge on any atom is -0.366 e. The fraction of sp³-hybridized carbons (Fsp3) is 0.174. The number of pyridine rings is 1. The van der Waals surface area contributed by atoms with E-state index >= 15 is 0 Å². The van der Waals surface area contributed by atoms with Crippen LogP contribution in [0.4, 0.5) is 9.70 Å². The van der Waals surface area contributed by atoms with Crippen molar-refractivity contribution in [1.29, 1.82) is 0 Å². The molecule has 0 aliphatic rings. The summed E-state index contributed by atoms with van der Waals surface area (Å²) >= 11 is 0.225. The maximum absolute atomic E-state index is 13.4. The van der Waals surface area contributed by atoms with Crippen LogP contribution < -0.4 is 10.6 Å². The van der Waals surface area contributed by atoms with Gasteiger partial charge in [-0.15, -0.1) is 0 Å². The van der Waals surface area contributed by atoms with Crippen LogP contribution in [0.25, 0.3) is 16.6 Å². The Balaban J connectivity index is 1.69. The van der Waals surface area contributed by atoms with E-state index in [1.807, 2.05) is 25.2 Å². The van der Waals surface area contributed by atoms with Crippen LogP contribution in [0.5, 0.6) is 0 Å². The first-order chi connectivity index (χ1) is 14.2. The van der Waals surface area contributed by atoms with E-state index < -0.39 is 0 Å². The molecule has 4 nitrogen and oxygen atoms in total. The molecule has 0 radical (unpaired) electrons. The van der Waals surface area contributed by atoms with Crippen molar-refractivity contribution < 1.29 is 3.89 Å². The smallest absolute Gasteiger partial charge is 0.129 e. The van der Waals surface area contributed by atoms with Gasteiger partial charge in [0.25, 0.3) is 0 Å². The SMILES string of the molecule is CNCc1ccc(CNc2cc(-c3ccccc3C)cc3c(SF)cnn23)cc1. The normalized spacial score (nSPS) is 11.1. The molecule has 0 unspecified atom stereocenters. The molecule has 29 heavy (non-hydrogen) atoms. The minimum absolute atomic E-state index is 0.225. The lowest BCUT2D eigenvalue weighted by atomic mass is 10.0. The van der Waals surface area contributed by atoms with Gasteiger partial charge < -0.3 is 10.6 Å². The molecule has 0 saturated heterocycles. The van der Waals surface area contributed by atoms with Crippen molar-refractivity contribution >= 4 is 23.5 Å². The van der Waals surface area contributed by atoms with Gasteiger partial charge in [0.2, 0.25) is 0 Å². The predicted octanol–water partition coefficient (Wildman–Crippen LogP) is 5.62. The van der Waals surface area contributed by atoms with Crippen LogP contribution in [0.1, 0.15) is 16.7 Å². The Labute approximate surface area is 174 Å². The maximum Gasteiger partial charge on any atom is 0.129 e. The Hall–Kier alpha value is -2.83. The zero-order chi connectivity index (χ0) is 20.2. The Morgan fingerprint density at radius 2 is 1.72 bits per heavy atom. The lowest BCUT2D eigenvalue weighted by Crippen LogP contribution is -2.07. The van der Waals surface area contributed by atoms with Gasteiger partial charge in [-0.1, -0.05) is 48.5 Å². The summed E-state index contributed by atoms with van der Waals surface area (Å²) in [6.45, 7) is 3.59. The number of rotatable bonds is 7. The monoisotopic (exact) mass is 406 g/mol. The van der Waals surface area contributed by atoms with E-state index in [1.54, 1.807) is 10.7 Å². The fourth-order valence-electron chi connectivity index (χ4n) is 3.47. The second kappa shape index (κ2) is 8.68. The number of nitrogens with zero attached hydrogens (tertiary/aromatic N) is 2. The minimum atomic E-state index is 0.225. The van der Waals surface area contributed by atoms with Gasteiger partial charge in [0.15, 0.2) is 0 Å². The van der Waals surface area contributed by atoms with E-state index in [4.69, 9.17) is 0 Å². The van der Waals surface area contributed by atoms with Crippen LogP contribution in [-0.4, -0.2) is 16.7 Å². The molecule has 2 N–H and O–H groups in total. The number of anilines is 1. The molecule has 0 saturated carbocycles. The average Bonchev–Trinajstić information content (AvgIpc) is 3.17. The summed E-state index contributed by atoms with van der Waals surface area (Å²) in [5.41, 5.74) is 6.52. The molecule has 0 atom stereocenters. The Kier molecular flexibility index (Phi) is 5.83. The molecule has 4 rings (SSSR count). The number of nitrogens with one attached hydrogen (secondary N) is 2. The van der Waals surface area contributed by atoms with Gasteiger partial charge in [-0.2, -0.15) is 8.98 Å². The predicted molar refractivity (Wildman–Crippen MR) is 119 cm³/mol. The van der Waals surface area contributed by atoms with Gasteiger partial charge in [-0.25, -0.2) is 4.52 Å². The lowest BCUT2D eigenvalue weighted by Gasteiger charge is -2.13. The number of benzene rings is 2. The summed E-state index contributed by atoms with van der Waals surface area (Å²) in [6, 6.07) is 20.8. The maximum atomic E-state index is 13.4. The second-order valence-electron chi connectivity index (χ2n) is 7.03. The summed E-state index contributed by atoms with van der Waals surface area (Å²) in [7, 11) is 1.94. The Morgan fingerprint density at radius 1 is 1.00 bits per heavy atom. The van der Waals surface area contributed by atoms with Crippen LogP contribution in [0.15, 0.2) is 71.8 Å². The number of hydrogen-bond acceptors (Lipinski definition) is 4. The average molecular weight is 407 g/mol. The van der Waals surface area contributed by atoms with Crippen molar-refractivity contribution in [2.75, 3.05) is 12.4 Å². The number of halogens is 1. The number of hydrogen-bond donors (Lipinski definition) is 2. The van der Waals surface area contributed by atoms with E-state index in [0.29, 0.717) is 11.4 Å².